The van der Waals surface area contributed by atoms with E-state index in [2.05, 4.69) is 56.4 Å². The van der Waals surface area contributed by atoms with E-state index in [1.54, 1.807) is 0 Å². The topological polar surface area (TPSA) is 12.0 Å². The Labute approximate surface area is 124 Å². The van der Waals surface area contributed by atoms with Gasteiger partial charge in [0.05, 0.1) is 0 Å². The highest BCUT2D eigenvalue weighted by Gasteiger charge is 2.58. The molecule has 1 unspecified atom stereocenters. The maximum absolute atomic E-state index is 3.91. The van der Waals surface area contributed by atoms with Crippen LogP contribution in [0.5, 0.6) is 0 Å². The first-order valence-corrected chi connectivity index (χ1v) is 8.30. The molecule has 0 saturated heterocycles. The second-order valence-corrected chi connectivity index (χ2v) is 7.89. The molecule has 0 spiro atoms. The molecule has 0 amide bonds. The molecule has 2 aliphatic carbocycles. The first-order chi connectivity index (χ1) is 9.52. The summed E-state index contributed by atoms with van der Waals surface area (Å²) in [5, 5.41) is 3.91. The van der Waals surface area contributed by atoms with Gasteiger partial charge in [0.25, 0.3) is 0 Å². The minimum atomic E-state index is 0.486. The SMILES string of the molecule is CC1(C)C(NCCCc2ccccc2)[C@]2(C)CC[C@H]1C2. The van der Waals surface area contributed by atoms with Crippen LogP contribution in [0.25, 0.3) is 0 Å². The van der Waals surface area contributed by atoms with E-state index >= 15 is 0 Å². The van der Waals surface area contributed by atoms with E-state index in [9.17, 15) is 0 Å². The Bertz CT molecular complexity index is 445. The van der Waals surface area contributed by atoms with Gasteiger partial charge in [0, 0.05) is 6.04 Å². The third-order valence-corrected chi connectivity index (χ3v) is 6.10. The van der Waals surface area contributed by atoms with Gasteiger partial charge in [-0.25, -0.2) is 0 Å². The van der Waals surface area contributed by atoms with Gasteiger partial charge in [0.2, 0.25) is 0 Å². The van der Waals surface area contributed by atoms with Crippen LogP contribution < -0.4 is 5.32 Å². The molecule has 20 heavy (non-hydrogen) atoms. The molecule has 1 nitrogen and oxygen atoms in total. The number of hydrogen-bond acceptors (Lipinski definition) is 1. The summed E-state index contributed by atoms with van der Waals surface area (Å²) >= 11 is 0. The predicted molar refractivity (Wildman–Crippen MR) is 85.8 cm³/mol. The number of hydrogen-bond donors (Lipinski definition) is 1. The Morgan fingerprint density at radius 3 is 2.55 bits per heavy atom. The van der Waals surface area contributed by atoms with Crippen LogP contribution in [0.1, 0.15) is 52.0 Å². The molecule has 3 atom stereocenters. The fourth-order valence-corrected chi connectivity index (χ4v) is 5.00. The second kappa shape index (κ2) is 5.18. The highest BCUT2D eigenvalue weighted by atomic mass is 15.0. The first kappa shape index (κ1) is 14.1. The molecular weight excluding hydrogens is 242 g/mol. The van der Waals surface area contributed by atoms with Crippen molar-refractivity contribution >= 4 is 0 Å². The molecule has 2 fully saturated rings. The number of benzene rings is 1. The summed E-state index contributed by atoms with van der Waals surface area (Å²) in [6, 6.07) is 11.6. The average molecular weight is 271 g/mol. The lowest BCUT2D eigenvalue weighted by molar-refractivity contribution is 0.109. The minimum Gasteiger partial charge on any atom is -0.313 e. The third kappa shape index (κ3) is 2.41. The van der Waals surface area contributed by atoms with E-state index in [-0.39, 0.29) is 0 Å². The number of rotatable bonds is 5. The lowest BCUT2D eigenvalue weighted by Crippen LogP contribution is -2.50. The van der Waals surface area contributed by atoms with Crippen LogP contribution in [0, 0.1) is 16.7 Å². The highest BCUT2D eigenvalue weighted by molar-refractivity contribution is 5.15. The molecule has 110 valence electrons. The van der Waals surface area contributed by atoms with Crippen molar-refractivity contribution in [1.82, 2.24) is 5.32 Å². The van der Waals surface area contributed by atoms with Gasteiger partial charge in [-0.1, -0.05) is 51.1 Å². The fourth-order valence-electron chi connectivity index (χ4n) is 5.00. The lowest BCUT2D eigenvalue weighted by Gasteiger charge is -2.43. The van der Waals surface area contributed by atoms with Gasteiger partial charge in [0.1, 0.15) is 0 Å². The average Bonchev–Trinajstić information content (AvgIpc) is 2.90. The van der Waals surface area contributed by atoms with Crippen LogP contribution in [0.15, 0.2) is 30.3 Å². The highest BCUT2D eigenvalue weighted by Crippen LogP contribution is 2.62. The molecule has 0 radical (unpaired) electrons. The second-order valence-electron chi connectivity index (χ2n) is 7.89. The summed E-state index contributed by atoms with van der Waals surface area (Å²) in [5.41, 5.74) is 2.51. The van der Waals surface area contributed by atoms with Crippen LogP contribution in [0.3, 0.4) is 0 Å². The van der Waals surface area contributed by atoms with Gasteiger partial charge in [-0.2, -0.15) is 0 Å². The minimum absolute atomic E-state index is 0.486. The van der Waals surface area contributed by atoms with Crippen molar-refractivity contribution in [1.29, 1.82) is 0 Å². The Balaban J connectivity index is 1.51. The lowest BCUT2D eigenvalue weighted by atomic mass is 9.68. The Morgan fingerprint density at radius 2 is 1.90 bits per heavy atom. The zero-order valence-electron chi connectivity index (χ0n) is 13.3. The summed E-state index contributed by atoms with van der Waals surface area (Å²) in [6.07, 6.45) is 6.76. The maximum Gasteiger partial charge on any atom is 0.0175 e. The molecule has 2 saturated carbocycles. The van der Waals surface area contributed by atoms with Crippen LogP contribution in [-0.2, 0) is 6.42 Å². The van der Waals surface area contributed by atoms with Crippen molar-refractivity contribution in [3.05, 3.63) is 35.9 Å². The normalized spacial score (nSPS) is 34.5. The maximum atomic E-state index is 3.91. The Hall–Kier alpha value is -0.820. The largest absolute Gasteiger partial charge is 0.313 e. The number of aryl methyl sites for hydroxylation is 1. The van der Waals surface area contributed by atoms with Gasteiger partial charge in [-0.05, 0) is 61.0 Å². The van der Waals surface area contributed by atoms with Crippen LogP contribution in [0.4, 0.5) is 0 Å². The molecule has 0 heterocycles. The van der Waals surface area contributed by atoms with E-state index in [1.807, 2.05) is 0 Å². The molecule has 0 aliphatic heterocycles. The van der Waals surface area contributed by atoms with E-state index < -0.39 is 0 Å². The number of fused-ring (bicyclic) bond motifs is 2. The quantitative estimate of drug-likeness (QED) is 0.782. The smallest absolute Gasteiger partial charge is 0.0175 e. The van der Waals surface area contributed by atoms with E-state index in [0.717, 1.165) is 12.5 Å². The van der Waals surface area contributed by atoms with E-state index in [0.29, 0.717) is 16.9 Å². The summed E-state index contributed by atoms with van der Waals surface area (Å²) in [7, 11) is 0. The Morgan fingerprint density at radius 1 is 1.15 bits per heavy atom. The molecule has 2 aliphatic rings. The summed E-state index contributed by atoms with van der Waals surface area (Å²) in [4.78, 5) is 0. The summed E-state index contributed by atoms with van der Waals surface area (Å²) in [6.45, 7) is 8.63. The standard InChI is InChI=1S/C19H29N/c1-18(2)16-11-12-19(3,14-16)17(18)20-13-7-10-15-8-5-4-6-9-15/h4-6,8-9,16-17,20H,7,10-14H2,1-3H3/t16-,17?,19+/m0/s1. The van der Waals surface area contributed by atoms with Crippen molar-refractivity contribution in [2.45, 2.75) is 58.9 Å². The summed E-state index contributed by atoms with van der Waals surface area (Å²) < 4.78 is 0. The van der Waals surface area contributed by atoms with E-state index in [4.69, 9.17) is 0 Å². The molecular formula is C19H29N. The van der Waals surface area contributed by atoms with Crippen LogP contribution >= 0.6 is 0 Å². The van der Waals surface area contributed by atoms with Crippen molar-refractivity contribution in [2.75, 3.05) is 6.54 Å². The first-order valence-electron chi connectivity index (χ1n) is 8.30. The molecule has 2 bridgehead atoms. The van der Waals surface area contributed by atoms with Crippen molar-refractivity contribution < 1.29 is 0 Å². The predicted octanol–water partition coefficient (Wildman–Crippen LogP) is 4.42. The molecule has 1 aromatic rings. The van der Waals surface area contributed by atoms with Gasteiger partial charge < -0.3 is 5.32 Å². The monoisotopic (exact) mass is 271 g/mol. The van der Waals surface area contributed by atoms with Gasteiger partial charge in [-0.3, -0.25) is 0 Å². The van der Waals surface area contributed by atoms with Crippen LogP contribution in [0.2, 0.25) is 0 Å². The third-order valence-electron chi connectivity index (χ3n) is 6.10. The zero-order valence-corrected chi connectivity index (χ0v) is 13.3. The molecule has 0 aromatic heterocycles. The summed E-state index contributed by atoms with van der Waals surface area (Å²) in [5.74, 6) is 0.944. The molecule has 1 aromatic carbocycles. The Kier molecular flexibility index (Phi) is 3.66. The zero-order chi connectivity index (χ0) is 14.2. The molecule has 3 rings (SSSR count). The number of nitrogens with one attached hydrogen (secondary N) is 1. The van der Waals surface area contributed by atoms with Gasteiger partial charge in [-0.15, -0.1) is 0 Å². The van der Waals surface area contributed by atoms with Crippen LogP contribution in [-0.4, -0.2) is 12.6 Å². The molecule has 1 N–H and O–H groups in total. The van der Waals surface area contributed by atoms with Crippen molar-refractivity contribution in [3.63, 3.8) is 0 Å². The van der Waals surface area contributed by atoms with Crippen molar-refractivity contribution in [3.8, 4) is 0 Å². The fraction of sp³-hybridized carbons (Fsp3) is 0.684. The van der Waals surface area contributed by atoms with Crippen molar-refractivity contribution in [2.24, 2.45) is 16.7 Å². The molecule has 1 heteroatoms. The van der Waals surface area contributed by atoms with E-state index in [1.165, 1.54) is 37.7 Å². The van der Waals surface area contributed by atoms with Gasteiger partial charge in [0.15, 0.2) is 0 Å². The van der Waals surface area contributed by atoms with Gasteiger partial charge >= 0.3 is 0 Å².